The maximum atomic E-state index is 7.75. The molecule has 1 nitrogen and oxygen atoms in total. The Hall–Kier alpha value is -0.760. The van der Waals surface area contributed by atoms with Crippen LogP contribution in [0.4, 0.5) is 0 Å². The van der Waals surface area contributed by atoms with Gasteiger partial charge in [-0.3, -0.25) is 5.41 Å². The van der Waals surface area contributed by atoms with Crippen LogP contribution < -0.4 is 0 Å². The van der Waals surface area contributed by atoms with Crippen LogP contribution >= 0.6 is 11.8 Å². The number of hydrogen-bond donors (Lipinski definition) is 1. The molecule has 0 unspecified atom stereocenters. The summed E-state index contributed by atoms with van der Waals surface area (Å²) in [5.41, 5.74) is 4.83. The van der Waals surface area contributed by atoms with Gasteiger partial charge >= 0.3 is 0 Å². The number of thioether (sulfide) groups is 1. The summed E-state index contributed by atoms with van der Waals surface area (Å²) in [6.45, 7) is 6.26. The molecule has 0 aliphatic rings. The second-order valence-corrected chi connectivity index (χ2v) is 4.10. The fourth-order valence-corrected chi connectivity index (χ4v) is 1.75. The van der Waals surface area contributed by atoms with E-state index in [1.165, 1.54) is 28.5 Å². The molecule has 1 N–H and O–H groups in total. The van der Waals surface area contributed by atoms with Crippen molar-refractivity contribution < 1.29 is 0 Å². The van der Waals surface area contributed by atoms with Crippen molar-refractivity contribution in [1.29, 1.82) is 5.41 Å². The largest absolute Gasteiger partial charge is 0.293 e. The molecule has 1 aromatic rings. The summed E-state index contributed by atoms with van der Waals surface area (Å²) < 4.78 is 0. The van der Waals surface area contributed by atoms with Crippen LogP contribution in [0.3, 0.4) is 0 Å². The van der Waals surface area contributed by atoms with Crippen molar-refractivity contribution in [2.75, 3.05) is 6.26 Å². The second kappa shape index (κ2) is 3.97. The van der Waals surface area contributed by atoms with Crippen molar-refractivity contribution >= 4 is 16.8 Å². The van der Waals surface area contributed by atoms with Crippen molar-refractivity contribution in [2.45, 2.75) is 20.8 Å². The molecule has 1 aromatic carbocycles. The molecule has 0 aliphatic heterocycles. The quantitative estimate of drug-likeness (QED) is 0.537. The summed E-state index contributed by atoms with van der Waals surface area (Å²) in [4.78, 5) is 0. The summed E-state index contributed by atoms with van der Waals surface area (Å²) in [5.74, 6) is 0. The van der Waals surface area contributed by atoms with Gasteiger partial charge in [-0.15, -0.1) is 11.8 Å². The first-order chi connectivity index (χ1) is 6.06. The fraction of sp³-hybridized carbons (Fsp3) is 0.364. The van der Waals surface area contributed by atoms with Crippen molar-refractivity contribution in [1.82, 2.24) is 0 Å². The lowest BCUT2D eigenvalue weighted by molar-refractivity contribution is 1.29. The van der Waals surface area contributed by atoms with Gasteiger partial charge in [-0.05, 0) is 49.8 Å². The van der Waals surface area contributed by atoms with Gasteiger partial charge in [0, 0.05) is 5.56 Å². The van der Waals surface area contributed by atoms with Crippen molar-refractivity contribution in [2.24, 2.45) is 0 Å². The summed E-state index contributed by atoms with van der Waals surface area (Å²) in [5, 5.41) is 8.40. The number of hydrogen-bond acceptors (Lipinski definition) is 2. The minimum absolute atomic E-state index is 0.653. The highest BCUT2D eigenvalue weighted by molar-refractivity contribution is 8.13. The van der Waals surface area contributed by atoms with Crippen LogP contribution in [0, 0.1) is 26.2 Å². The van der Waals surface area contributed by atoms with Gasteiger partial charge in [-0.2, -0.15) is 0 Å². The van der Waals surface area contributed by atoms with Crippen LogP contribution in [-0.2, 0) is 0 Å². The predicted octanol–water partition coefficient (Wildman–Crippen LogP) is 3.30. The van der Waals surface area contributed by atoms with E-state index in [4.69, 9.17) is 5.41 Å². The predicted molar refractivity (Wildman–Crippen MR) is 61.0 cm³/mol. The third-order valence-electron chi connectivity index (χ3n) is 2.29. The molecule has 0 fully saturated rings. The lowest BCUT2D eigenvalue weighted by Gasteiger charge is -2.08. The van der Waals surface area contributed by atoms with Gasteiger partial charge in [0.25, 0.3) is 0 Å². The molecule has 0 saturated carbocycles. The van der Waals surface area contributed by atoms with Gasteiger partial charge in [-0.1, -0.05) is 6.07 Å². The lowest BCUT2D eigenvalue weighted by atomic mass is 10.0. The first-order valence-electron chi connectivity index (χ1n) is 4.27. The number of nitrogens with one attached hydrogen (secondary N) is 1. The highest BCUT2D eigenvalue weighted by Crippen LogP contribution is 2.18. The Morgan fingerprint density at radius 1 is 1.08 bits per heavy atom. The Morgan fingerprint density at radius 2 is 1.62 bits per heavy atom. The summed E-state index contributed by atoms with van der Waals surface area (Å²) in [7, 11) is 0. The normalized spacial score (nSPS) is 10.2. The molecule has 0 spiro atoms. The monoisotopic (exact) mass is 193 g/mol. The molecule has 0 amide bonds. The zero-order chi connectivity index (χ0) is 10.0. The Kier molecular flexibility index (Phi) is 3.15. The first-order valence-corrected chi connectivity index (χ1v) is 5.49. The molecular formula is C11H15NS. The average molecular weight is 193 g/mol. The smallest absolute Gasteiger partial charge is 0.0942 e. The van der Waals surface area contributed by atoms with Gasteiger partial charge in [0.15, 0.2) is 0 Å². The van der Waals surface area contributed by atoms with E-state index < -0.39 is 0 Å². The molecular weight excluding hydrogens is 178 g/mol. The lowest BCUT2D eigenvalue weighted by Crippen LogP contribution is -1.98. The molecule has 0 aromatic heterocycles. The summed E-state index contributed by atoms with van der Waals surface area (Å²) in [6, 6.07) is 4.25. The SMILES string of the molecule is CSC(=N)c1cc(C)c(C)cc1C. The summed E-state index contributed by atoms with van der Waals surface area (Å²) >= 11 is 1.49. The van der Waals surface area contributed by atoms with Gasteiger partial charge in [-0.25, -0.2) is 0 Å². The standard InChI is InChI=1S/C11H15NS/c1-7-5-9(3)10(6-8(7)2)11(12)13-4/h5-6,12H,1-4H3. The van der Waals surface area contributed by atoms with Gasteiger partial charge in [0.1, 0.15) is 0 Å². The highest BCUT2D eigenvalue weighted by atomic mass is 32.2. The topological polar surface area (TPSA) is 23.9 Å². The van der Waals surface area contributed by atoms with E-state index in [9.17, 15) is 0 Å². The van der Waals surface area contributed by atoms with Crippen LogP contribution in [0.1, 0.15) is 22.3 Å². The molecule has 0 radical (unpaired) electrons. The van der Waals surface area contributed by atoms with Gasteiger partial charge in [0.2, 0.25) is 0 Å². The van der Waals surface area contributed by atoms with Gasteiger partial charge < -0.3 is 0 Å². The molecule has 1 rings (SSSR count). The van der Waals surface area contributed by atoms with E-state index in [2.05, 4.69) is 32.9 Å². The van der Waals surface area contributed by atoms with Crippen molar-refractivity contribution in [3.63, 3.8) is 0 Å². The zero-order valence-electron chi connectivity index (χ0n) is 8.56. The second-order valence-electron chi connectivity index (χ2n) is 3.28. The Morgan fingerprint density at radius 3 is 2.15 bits per heavy atom. The Labute approximate surface area is 84.1 Å². The zero-order valence-corrected chi connectivity index (χ0v) is 9.38. The van der Waals surface area contributed by atoms with Gasteiger partial charge in [0.05, 0.1) is 5.04 Å². The molecule has 0 atom stereocenters. The van der Waals surface area contributed by atoms with Crippen LogP contribution in [0.5, 0.6) is 0 Å². The highest BCUT2D eigenvalue weighted by Gasteiger charge is 2.05. The van der Waals surface area contributed by atoms with Crippen LogP contribution in [0.2, 0.25) is 0 Å². The molecule has 0 saturated heterocycles. The van der Waals surface area contributed by atoms with E-state index in [0.717, 1.165) is 5.56 Å². The molecule has 0 heterocycles. The van der Waals surface area contributed by atoms with Crippen molar-refractivity contribution in [3.05, 3.63) is 34.4 Å². The fourth-order valence-electron chi connectivity index (χ4n) is 1.32. The number of aryl methyl sites for hydroxylation is 3. The maximum absolute atomic E-state index is 7.75. The van der Waals surface area contributed by atoms with Crippen LogP contribution in [0.25, 0.3) is 0 Å². The first kappa shape index (κ1) is 10.3. The molecule has 70 valence electrons. The Bertz CT molecular complexity index is 342. The third-order valence-corrected chi connectivity index (χ3v) is 2.92. The molecule has 0 aliphatic carbocycles. The van der Waals surface area contributed by atoms with Crippen LogP contribution in [-0.4, -0.2) is 11.3 Å². The maximum Gasteiger partial charge on any atom is 0.0942 e. The minimum Gasteiger partial charge on any atom is -0.293 e. The molecule has 0 bridgehead atoms. The molecule has 13 heavy (non-hydrogen) atoms. The van der Waals surface area contributed by atoms with E-state index in [-0.39, 0.29) is 0 Å². The van der Waals surface area contributed by atoms with Crippen molar-refractivity contribution in [3.8, 4) is 0 Å². The van der Waals surface area contributed by atoms with E-state index in [0.29, 0.717) is 5.04 Å². The number of benzene rings is 1. The van der Waals surface area contributed by atoms with Crippen LogP contribution in [0.15, 0.2) is 12.1 Å². The van der Waals surface area contributed by atoms with E-state index in [1.54, 1.807) is 0 Å². The summed E-state index contributed by atoms with van der Waals surface area (Å²) in [6.07, 6.45) is 1.94. The molecule has 2 heteroatoms. The average Bonchev–Trinajstić information content (AvgIpc) is 2.10. The van der Waals surface area contributed by atoms with E-state index in [1.807, 2.05) is 6.26 Å². The number of rotatable bonds is 1. The van der Waals surface area contributed by atoms with E-state index >= 15 is 0 Å². The minimum atomic E-state index is 0.653. The Balaban J connectivity index is 3.23. The third kappa shape index (κ3) is 2.13.